The predicted octanol–water partition coefficient (Wildman–Crippen LogP) is 6.07. The van der Waals surface area contributed by atoms with Gasteiger partial charge in [0.15, 0.2) is 0 Å². The van der Waals surface area contributed by atoms with E-state index in [1.165, 1.54) is 0 Å². The molecule has 0 fully saturated rings. The molecule has 0 aliphatic carbocycles. The van der Waals surface area contributed by atoms with E-state index >= 15 is 0 Å². The van der Waals surface area contributed by atoms with E-state index in [2.05, 4.69) is 11.8 Å². The van der Waals surface area contributed by atoms with E-state index in [9.17, 15) is 8.42 Å². The molecule has 0 radical (unpaired) electrons. The smallest absolute Gasteiger partial charge is 0.207 e. The van der Waals surface area contributed by atoms with Crippen molar-refractivity contribution in [2.75, 3.05) is 7.11 Å². The topological polar surface area (TPSA) is 43.4 Å². The largest absolute Gasteiger partial charge is 0.497 e. The van der Waals surface area contributed by atoms with Crippen LogP contribution in [-0.2, 0) is 9.84 Å². The lowest BCUT2D eigenvalue weighted by atomic mass is 10.1. The van der Waals surface area contributed by atoms with Gasteiger partial charge in [-0.3, -0.25) is 0 Å². The molecule has 162 valence electrons. The van der Waals surface area contributed by atoms with E-state index in [0.29, 0.717) is 5.56 Å². The van der Waals surface area contributed by atoms with Crippen molar-refractivity contribution in [1.29, 1.82) is 0 Å². The molecule has 4 aromatic rings. The molecule has 0 N–H and O–H groups in total. The average Bonchev–Trinajstić information content (AvgIpc) is 2.88. The average molecular weight is 451 g/mol. The summed E-state index contributed by atoms with van der Waals surface area (Å²) >= 11 is 0. The Hall–Kier alpha value is -4.07. The number of rotatable bonds is 5. The summed E-state index contributed by atoms with van der Waals surface area (Å²) in [6, 6.07) is 32.7. The van der Waals surface area contributed by atoms with E-state index in [1.807, 2.05) is 66.7 Å². The Morgan fingerprint density at radius 2 is 1.21 bits per heavy atom. The maximum Gasteiger partial charge on any atom is 0.207 e. The van der Waals surface area contributed by atoms with Crippen molar-refractivity contribution in [3.63, 3.8) is 0 Å². The summed E-state index contributed by atoms with van der Waals surface area (Å²) in [7, 11) is -2.06. The van der Waals surface area contributed by atoms with Gasteiger partial charge in [-0.2, -0.15) is 0 Å². The Morgan fingerprint density at radius 1 is 0.697 bits per heavy atom. The molecule has 4 aromatic carbocycles. The van der Waals surface area contributed by atoms with Crippen molar-refractivity contribution in [3.05, 3.63) is 131 Å². The number of hydrogen-bond acceptors (Lipinski definition) is 3. The van der Waals surface area contributed by atoms with Crippen LogP contribution in [0.25, 0.3) is 11.0 Å². The van der Waals surface area contributed by atoms with E-state index < -0.39 is 9.84 Å². The van der Waals surface area contributed by atoms with E-state index in [1.54, 1.807) is 55.7 Å². The van der Waals surface area contributed by atoms with Crippen molar-refractivity contribution in [2.24, 2.45) is 0 Å². The lowest BCUT2D eigenvalue weighted by molar-refractivity contribution is 0.415. The van der Waals surface area contributed by atoms with Gasteiger partial charge in [-0.1, -0.05) is 72.5 Å². The van der Waals surface area contributed by atoms with Crippen LogP contribution in [0.4, 0.5) is 0 Å². The maximum absolute atomic E-state index is 13.4. The number of benzene rings is 4. The fraction of sp³-hybridized carbons (Fsp3) is 0.0345. The fourth-order valence-corrected chi connectivity index (χ4v) is 4.78. The lowest BCUT2D eigenvalue weighted by Gasteiger charge is -2.10. The van der Waals surface area contributed by atoms with Crippen molar-refractivity contribution < 1.29 is 13.2 Å². The van der Waals surface area contributed by atoms with Gasteiger partial charge in [0.25, 0.3) is 0 Å². The first kappa shape index (κ1) is 22.1. The second-order valence-corrected chi connectivity index (χ2v) is 9.21. The maximum atomic E-state index is 13.4. The number of hydrogen-bond donors (Lipinski definition) is 0. The lowest BCUT2D eigenvalue weighted by Crippen LogP contribution is -2.04. The van der Waals surface area contributed by atoms with Crippen molar-refractivity contribution in [1.82, 2.24) is 0 Å². The van der Waals surface area contributed by atoms with Crippen LogP contribution in [0, 0.1) is 11.8 Å². The molecule has 0 aliphatic rings. The number of ether oxygens (including phenoxy) is 1. The first-order valence-corrected chi connectivity index (χ1v) is 11.9. The summed E-state index contributed by atoms with van der Waals surface area (Å²) in [4.78, 5) is 0.522. The molecule has 0 saturated heterocycles. The molecular formula is C29H22O3S. The third-order valence-corrected chi connectivity index (χ3v) is 6.88. The zero-order chi connectivity index (χ0) is 23.1. The molecule has 4 rings (SSSR count). The minimum Gasteiger partial charge on any atom is -0.497 e. The van der Waals surface area contributed by atoms with Gasteiger partial charge in [0.2, 0.25) is 9.84 Å². The van der Waals surface area contributed by atoms with E-state index in [4.69, 9.17) is 4.74 Å². The third kappa shape index (κ3) is 5.41. The zero-order valence-corrected chi connectivity index (χ0v) is 18.9. The summed E-state index contributed by atoms with van der Waals surface area (Å²) in [6.45, 7) is 0. The number of methoxy groups -OCH3 is 1. The second kappa shape index (κ2) is 10.0. The van der Waals surface area contributed by atoms with Crippen LogP contribution >= 0.6 is 0 Å². The second-order valence-electron chi connectivity index (χ2n) is 7.29. The van der Waals surface area contributed by atoms with Gasteiger partial charge in [-0.15, -0.1) is 0 Å². The fourth-order valence-electron chi connectivity index (χ4n) is 3.28. The highest BCUT2D eigenvalue weighted by molar-refractivity contribution is 8.00. The van der Waals surface area contributed by atoms with Crippen LogP contribution in [0.2, 0.25) is 0 Å². The van der Waals surface area contributed by atoms with Crippen molar-refractivity contribution in [2.45, 2.75) is 4.90 Å². The van der Waals surface area contributed by atoms with Crippen molar-refractivity contribution >= 4 is 20.8 Å². The van der Waals surface area contributed by atoms with Gasteiger partial charge in [-0.25, -0.2) is 8.42 Å². The quantitative estimate of drug-likeness (QED) is 0.274. The molecule has 0 heterocycles. The summed E-state index contributed by atoms with van der Waals surface area (Å²) < 4.78 is 32.0. The van der Waals surface area contributed by atoms with Gasteiger partial charge in [0, 0.05) is 11.1 Å². The normalized spacial score (nSPS) is 11.4. The Balaban J connectivity index is 1.66. The van der Waals surface area contributed by atoms with Gasteiger partial charge in [-0.05, 0) is 65.7 Å². The molecule has 0 aliphatic heterocycles. The first-order valence-electron chi connectivity index (χ1n) is 10.4. The minimum atomic E-state index is -3.69. The Kier molecular flexibility index (Phi) is 6.73. The predicted molar refractivity (Wildman–Crippen MR) is 133 cm³/mol. The zero-order valence-electron chi connectivity index (χ0n) is 18.1. The van der Waals surface area contributed by atoms with E-state index in [-0.39, 0.29) is 9.80 Å². The first-order chi connectivity index (χ1) is 16.1. The molecule has 33 heavy (non-hydrogen) atoms. The molecule has 0 bridgehead atoms. The SMILES string of the molecule is COc1ccc(C#Cc2ccc(/C=C(\c3ccccc3)S(=O)(=O)c3ccccc3)cc2)cc1. The molecule has 0 unspecified atom stereocenters. The standard InChI is InChI=1S/C29H22O3S/c1-32-27-20-18-24(19-21-27)13-12-23-14-16-25(17-15-23)22-29(26-8-4-2-5-9-26)33(30,31)28-10-6-3-7-11-28/h2-11,14-22H,1H3/b29-22+. The molecule has 4 heteroatoms. The van der Waals surface area contributed by atoms with Crippen LogP contribution < -0.4 is 4.74 Å². The molecular weight excluding hydrogens is 428 g/mol. The minimum absolute atomic E-state index is 0.256. The summed E-state index contributed by atoms with van der Waals surface area (Å²) in [5, 5.41) is 0. The van der Waals surface area contributed by atoms with Crippen LogP contribution in [-0.4, -0.2) is 15.5 Å². The Morgan fingerprint density at radius 3 is 1.76 bits per heavy atom. The highest BCUT2D eigenvalue weighted by Gasteiger charge is 2.22. The highest BCUT2D eigenvalue weighted by Crippen LogP contribution is 2.30. The summed E-state index contributed by atoms with van der Waals surface area (Å²) in [5.41, 5.74) is 3.16. The molecule has 0 amide bonds. The molecule has 0 aromatic heterocycles. The molecule has 3 nitrogen and oxygen atoms in total. The van der Waals surface area contributed by atoms with Gasteiger partial charge in [0.1, 0.15) is 5.75 Å². The Labute approximate surface area is 194 Å². The summed E-state index contributed by atoms with van der Waals surface area (Å²) in [5.74, 6) is 7.05. The summed E-state index contributed by atoms with van der Waals surface area (Å²) in [6.07, 6.45) is 1.71. The van der Waals surface area contributed by atoms with Crippen LogP contribution in [0.15, 0.2) is 114 Å². The van der Waals surface area contributed by atoms with Crippen LogP contribution in [0.5, 0.6) is 5.75 Å². The molecule has 0 spiro atoms. The molecule has 0 atom stereocenters. The van der Waals surface area contributed by atoms with Crippen LogP contribution in [0.3, 0.4) is 0 Å². The van der Waals surface area contributed by atoms with Gasteiger partial charge < -0.3 is 4.74 Å². The van der Waals surface area contributed by atoms with Gasteiger partial charge >= 0.3 is 0 Å². The van der Waals surface area contributed by atoms with Gasteiger partial charge in [0.05, 0.1) is 16.9 Å². The third-order valence-electron chi connectivity index (χ3n) is 5.05. The molecule has 0 saturated carbocycles. The Bertz CT molecular complexity index is 1410. The number of sulfone groups is 1. The monoisotopic (exact) mass is 450 g/mol. The van der Waals surface area contributed by atoms with E-state index in [0.717, 1.165) is 22.4 Å². The highest BCUT2D eigenvalue weighted by atomic mass is 32.2. The van der Waals surface area contributed by atoms with Crippen LogP contribution in [0.1, 0.15) is 22.3 Å². The van der Waals surface area contributed by atoms with Crippen molar-refractivity contribution in [3.8, 4) is 17.6 Å².